The van der Waals surface area contributed by atoms with Crippen molar-refractivity contribution in [2.24, 2.45) is 14.1 Å². The molecule has 3 heterocycles. The molecule has 1 aromatic carbocycles. The van der Waals surface area contributed by atoms with Gasteiger partial charge in [0.1, 0.15) is 0 Å². The van der Waals surface area contributed by atoms with Crippen molar-refractivity contribution in [3.63, 3.8) is 0 Å². The Hall–Kier alpha value is -3.03. The summed E-state index contributed by atoms with van der Waals surface area (Å²) in [6.07, 6.45) is 0. The lowest BCUT2D eigenvalue weighted by atomic mass is 10.2. The Morgan fingerprint density at radius 2 is 1.56 bits per heavy atom. The molecule has 2 aromatic heterocycles. The number of para-hydroxylation sites is 1. The van der Waals surface area contributed by atoms with E-state index in [0.717, 1.165) is 36.7 Å². The molecule has 1 aliphatic rings. The summed E-state index contributed by atoms with van der Waals surface area (Å²) in [6.45, 7) is 3.44. The van der Waals surface area contributed by atoms with E-state index in [-0.39, 0.29) is 11.2 Å². The van der Waals surface area contributed by atoms with Crippen LogP contribution in [0.25, 0.3) is 11.2 Å². The molecule has 3 aromatic rings. The van der Waals surface area contributed by atoms with Crippen molar-refractivity contribution in [2.75, 3.05) is 36.0 Å². The maximum absolute atomic E-state index is 12.3. The Morgan fingerprint density at radius 1 is 0.920 bits per heavy atom. The zero-order valence-corrected chi connectivity index (χ0v) is 14.3. The topological polar surface area (TPSA) is 80.4 Å². The lowest BCUT2D eigenvalue weighted by Gasteiger charge is -2.33. The number of hydrogen-bond donors (Lipinski definition) is 1. The number of aryl methyl sites for hydroxylation is 1. The highest BCUT2D eigenvalue weighted by atomic mass is 16.2. The summed E-state index contributed by atoms with van der Waals surface area (Å²) in [4.78, 5) is 35.2. The highest BCUT2D eigenvalue weighted by molar-refractivity contribution is 5.67. The molecule has 0 atom stereocenters. The molecule has 8 nitrogen and oxygen atoms in total. The molecule has 1 saturated heterocycles. The van der Waals surface area contributed by atoms with Crippen LogP contribution in [0.5, 0.6) is 0 Å². The van der Waals surface area contributed by atoms with Gasteiger partial charge in [-0.2, -0.15) is 0 Å². The van der Waals surface area contributed by atoms with Gasteiger partial charge in [-0.1, -0.05) is 18.2 Å². The van der Waals surface area contributed by atoms with Crippen molar-refractivity contribution in [1.82, 2.24) is 14.1 Å². The standard InChI is InChI=1S/C17H20N6O2/c1-20-14-13(15(24)21(2)17(20)25)18-16(19-14)23-10-8-22(9-11-23)12-6-4-3-5-7-12/h3-7H,8-11H2,1-2H3,(H,18,19)/p+1. The van der Waals surface area contributed by atoms with Crippen molar-refractivity contribution >= 4 is 22.8 Å². The molecule has 1 aliphatic heterocycles. The van der Waals surface area contributed by atoms with E-state index in [1.165, 1.54) is 17.3 Å². The first-order valence-electron chi connectivity index (χ1n) is 8.32. The van der Waals surface area contributed by atoms with Gasteiger partial charge in [-0.05, 0) is 12.1 Å². The predicted octanol–water partition coefficient (Wildman–Crippen LogP) is -0.294. The molecule has 0 radical (unpaired) electrons. The number of nitrogens with zero attached hydrogens (tertiary/aromatic N) is 4. The molecule has 0 aliphatic carbocycles. The van der Waals surface area contributed by atoms with Crippen LogP contribution in [0.3, 0.4) is 0 Å². The molecule has 0 saturated carbocycles. The van der Waals surface area contributed by atoms with Crippen molar-refractivity contribution < 1.29 is 4.98 Å². The molecule has 25 heavy (non-hydrogen) atoms. The van der Waals surface area contributed by atoms with E-state index < -0.39 is 0 Å². The SMILES string of the molecule is Cn1c(=O)c2[nH]c(N3CCN(c4ccccc4)CC3)[nH+]c2n(C)c1=O. The number of imidazole rings is 1. The average molecular weight is 341 g/mol. The number of anilines is 2. The minimum atomic E-state index is -0.340. The van der Waals surface area contributed by atoms with Crippen LogP contribution in [0.2, 0.25) is 0 Å². The smallest absolute Gasteiger partial charge is 0.366 e. The maximum Gasteiger partial charge on any atom is 0.374 e. The highest BCUT2D eigenvalue weighted by Crippen LogP contribution is 2.17. The number of rotatable bonds is 2. The second-order valence-corrected chi connectivity index (χ2v) is 6.34. The van der Waals surface area contributed by atoms with Crippen molar-refractivity contribution in [3.05, 3.63) is 51.2 Å². The Bertz CT molecular complexity index is 1020. The third-order valence-electron chi connectivity index (χ3n) is 4.86. The maximum atomic E-state index is 12.3. The summed E-state index contributed by atoms with van der Waals surface area (Å²) in [5, 5.41) is 0. The lowest BCUT2D eigenvalue weighted by Crippen LogP contribution is -2.48. The number of aromatic amines is 2. The first-order valence-corrected chi connectivity index (χ1v) is 8.32. The monoisotopic (exact) mass is 341 g/mol. The van der Waals surface area contributed by atoms with Gasteiger partial charge < -0.3 is 4.90 Å². The summed E-state index contributed by atoms with van der Waals surface area (Å²) in [7, 11) is 3.15. The van der Waals surface area contributed by atoms with Crippen molar-refractivity contribution in [3.8, 4) is 0 Å². The van der Waals surface area contributed by atoms with E-state index in [2.05, 4.69) is 31.9 Å². The second kappa shape index (κ2) is 5.80. The van der Waals surface area contributed by atoms with E-state index in [9.17, 15) is 9.59 Å². The van der Waals surface area contributed by atoms with Gasteiger partial charge in [-0.25, -0.2) is 14.3 Å². The molecule has 0 unspecified atom stereocenters. The predicted molar refractivity (Wildman–Crippen MR) is 96.2 cm³/mol. The van der Waals surface area contributed by atoms with Gasteiger partial charge in [-0.3, -0.25) is 19.2 Å². The van der Waals surface area contributed by atoms with Crippen molar-refractivity contribution in [2.45, 2.75) is 0 Å². The minimum Gasteiger partial charge on any atom is -0.366 e. The number of hydrogen-bond acceptors (Lipinski definition) is 4. The molecule has 0 amide bonds. The number of benzene rings is 1. The number of nitrogens with one attached hydrogen (secondary N) is 2. The van der Waals surface area contributed by atoms with Gasteiger partial charge in [0.2, 0.25) is 11.2 Å². The van der Waals surface area contributed by atoms with Crippen LogP contribution < -0.4 is 26.0 Å². The molecule has 1 fully saturated rings. The molecular formula is C17H21N6O2+. The van der Waals surface area contributed by atoms with Crippen molar-refractivity contribution in [1.29, 1.82) is 0 Å². The molecule has 0 bridgehead atoms. The first-order chi connectivity index (χ1) is 12.1. The lowest BCUT2D eigenvalue weighted by molar-refractivity contribution is -0.335. The van der Waals surface area contributed by atoms with Gasteiger partial charge in [0.15, 0.2) is 0 Å². The van der Waals surface area contributed by atoms with E-state index in [1.807, 2.05) is 18.2 Å². The second-order valence-electron chi connectivity index (χ2n) is 6.34. The van der Waals surface area contributed by atoms with Gasteiger partial charge >= 0.3 is 11.6 Å². The normalized spacial score (nSPS) is 15.1. The molecule has 8 heteroatoms. The zero-order valence-electron chi connectivity index (χ0n) is 14.3. The van der Waals surface area contributed by atoms with Crippen LogP contribution in [0, 0.1) is 0 Å². The fourth-order valence-electron chi connectivity index (χ4n) is 3.35. The van der Waals surface area contributed by atoms with Gasteiger partial charge in [0.05, 0.1) is 20.1 Å². The highest BCUT2D eigenvalue weighted by Gasteiger charge is 2.25. The number of piperazine rings is 1. The summed E-state index contributed by atoms with van der Waals surface area (Å²) >= 11 is 0. The fraction of sp³-hybridized carbons (Fsp3) is 0.353. The largest absolute Gasteiger partial charge is 0.374 e. The van der Waals surface area contributed by atoms with Gasteiger partial charge in [0.25, 0.3) is 5.56 Å². The number of aromatic nitrogens is 4. The summed E-state index contributed by atoms with van der Waals surface area (Å²) < 4.78 is 2.57. The minimum absolute atomic E-state index is 0.316. The molecule has 4 rings (SSSR count). The summed E-state index contributed by atoms with van der Waals surface area (Å²) in [5.74, 6) is 0.765. The Balaban J connectivity index is 1.62. The van der Waals surface area contributed by atoms with E-state index in [1.54, 1.807) is 7.05 Å². The quantitative estimate of drug-likeness (QED) is 0.694. The first kappa shape index (κ1) is 15.5. The Kier molecular flexibility index (Phi) is 3.60. The zero-order chi connectivity index (χ0) is 17.6. The van der Waals surface area contributed by atoms with E-state index >= 15 is 0 Å². The molecule has 2 N–H and O–H groups in total. The molecular weight excluding hydrogens is 320 g/mol. The van der Waals surface area contributed by atoms with Crippen LogP contribution in [0.15, 0.2) is 39.9 Å². The van der Waals surface area contributed by atoms with Crippen LogP contribution in [0.4, 0.5) is 11.6 Å². The van der Waals surface area contributed by atoms with Gasteiger partial charge in [0, 0.05) is 25.8 Å². The third kappa shape index (κ3) is 2.50. The molecule has 0 spiro atoms. The number of H-pyrrole nitrogens is 2. The summed E-state index contributed by atoms with van der Waals surface area (Å²) in [5.41, 5.74) is 1.51. The third-order valence-corrected chi connectivity index (χ3v) is 4.86. The Morgan fingerprint density at radius 3 is 2.24 bits per heavy atom. The van der Waals surface area contributed by atoms with Crippen LogP contribution in [-0.2, 0) is 14.1 Å². The summed E-state index contributed by atoms with van der Waals surface area (Å²) in [6, 6.07) is 10.3. The van der Waals surface area contributed by atoms with Crippen LogP contribution in [-0.4, -0.2) is 40.3 Å². The van der Waals surface area contributed by atoms with Crippen LogP contribution >= 0.6 is 0 Å². The van der Waals surface area contributed by atoms with E-state index in [0.29, 0.717) is 11.2 Å². The number of fused-ring (bicyclic) bond motifs is 1. The average Bonchev–Trinajstić information content (AvgIpc) is 3.11. The van der Waals surface area contributed by atoms with E-state index in [4.69, 9.17) is 0 Å². The molecule has 130 valence electrons. The van der Waals surface area contributed by atoms with Gasteiger partial charge in [-0.15, -0.1) is 0 Å². The Labute approximate surface area is 143 Å². The van der Waals surface area contributed by atoms with Crippen LogP contribution in [0.1, 0.15) is 0 Å². The fourth-order valence-corrected chi connectivity index (χ4v) is 3.35.